The van der Waals surface area contributed by atoms with Crippen LogP contribution in [0.1, 0.15) is 40.0 Å². The summed E-state index contributed by atoms with van der Waals surface area (Å²) in [4.78, 5) is 25.7. The molecule has 0 aliphatic rings. The van der Waals surface area contributed by atoms with E-state index in [9.17, 15) is 9.59 Å². The molecule has 1 rings (SSSR count). The highest BCUT2D eigenvalue weighted by molar-refractivity contribution is 6.36. The third-order valence-electron chi connectivity index (χ3n) is 3.22. The van der Waals surface area contributed by atoms with E-state index in [1.54, 1.807) is 18.2 Å². The minimum Gasteiger partial charge on any atom is -0.464 e. The number of carbonyl (C=O) groups excluding carboxylic acids is 2. The number of amides is 1. The SMILES string of the molecule is CCCCOC(=O)C(CC)N(C(C)=O)c1ccc(Cl)cc1Cl. The van der Waals surface area contributed by atoms with Crippen molar-refractivity contribution in [3.8, 4) is 0 Å². The van der Waals surface area contributed by atoms with E-state index >= 15 is 0 Å². The lowest BCUT2D eigenvalue weighted by Gasteiger charge is -2.29. The Bertz CT molecular complexity index is 534. The Hall–Kier alpha value is -1.26. The van der Waals surface area contributed by atoms with Gasteiger partial charge in [0.1, 0.15) is 6.04 Å². The molecule has 1 atom stereocenters. The highest BCUT2D eigenvalue weighted by Gasteiger charge is 2.30. The van der Waals surface area contributed by atoms with E-state index in [2.05, 4.69) is 0 Å². The zero-order valence-corrected chi connectivity index (χ0v) is 14.6. The topological polar surface area (TPSA) is 46.6 Å². The van der Waals surface area contributed by atoms with Crippen molar-refractivity contribution >= 4 is 40.8 Å². The second kappa shape index (κ2) is 9.01. The summed E-state index contributed by atoms with van der Waals surface area (Å²) in [5, 5.41) is 0.790. The molecule has 122 valence electrons. The number of ether oxygens (including phenoxy) is 1. The Labute approximate surface area is 141 Å². The van der Waals surface area contributed by atoms with Gasteiger partial charge in [-0.3, -0.25) is 9.69 Å². The second-order valence-electron chi connectivity index (χ2n) is 4.93. The van der Waals surface area contributed by atoms with Crippen molar-refractivity contribution in [1.82, 2.24) is 0 Å². The fourth-order valence-electron chi connectivity index (χ4n) is 2.10. The maximum atomic E-state index is 12.3. The summed E-state index contributed by atoms with van der Waals surface area (Å²) < 4.78 is 5.25. The standard InChI is InChI=1S/C16H21Cl2NO3/c1-4-6-9-22-16(21)14(5-2)19(11(3)20)15-8-7-12(17)10-13(15)18/h7-8,10,14H,4-6,9H2,1-3H3. The highest BCUT2D eigenvalue weighted by Crippen LogP contribution is 2.31. The van der Waals surface area contributed by atoms with Crippen LogP contribution in [0.2, 0.25) is 10.0 Å². The van der Waals surface area contributed by atoms with E-state index < -0.39 is 12.0 Å². The molecular weight excluding hydrogens is 325 g/mol. The number of halogens is 2. The van der Waals surface area contributed by atoms with Crippen LogP contribution in [0.5, 0.6) is 0 Å². The quantitative estimate of drug-likeness (QED) is 0.541. The van der Waals surface area contributed by atoms with Crippen LogP contribution in [0.15, 0.2) is 18.2 Å². The fourth-order valence-corrected chi connectivity index (χ4v) is 2.60. The summed E-state index contributed by atoms with van der Waals surface area (Å²) >= 11 is 12.1. The molecule has 0 N–H and O–H groups in total. The molecule has 0 fully saturated rings. The molecule has 0 heterocycles. The first-order valence-corrected chi connectivity index (χ1v) is 8.09. The van der Waals surface area contributed by atoms with Crippen LogP contribution >= 0.6 is 23.2 Å². The lowest BCUT2D eigenvalue weighted by atomic mass is 10.1. The van der Waals surface area contributed by atoms with Gasteiger partial charge < -0.3 is 4.74 Å². The number of rotatable bonds is 7. The summed E-state index contributed by atoms with van der Waals surface area (Å²) in [5.74, 6) is -0.694. The summed E-state index contributed by atoms with van der Waals surface area (Å²) in [6.07, 6.45) is 2.16. The van der Waals surface area contributed by atoms with Gasteiger partial charge in [0.05, 0.1) is 17.3 Å². The number of anilines is 1. The fraction of sp³-hybridized carbons (Fsp3) is 0.500. The summed E-state index contributed by atoms with van der Waals surface area (Å²) in [7, 11) is 0. The van der Waals surface area contributed by atoms with E-state index in [4.69, 9.17) is 27.9 Å². The predicted molar refractivity (Wildman–Crippen MR) is 89.6 cm³/mol. The van der Waals surface area contributed by atoms with Crippen LogP contribution in [0.4, 0.5) is 5.69 Å². The predicted octanol–water partition coefficient (Wildman–Crippen LogP) is 4.47. The van der Waals surface area contributed by atoms with Crippen molar-refractivity contribution < 1.29 is 14.3 Å². The smallest absolute Gasteiger partial charge is 0.329 e. The van der Waals surface area contributed by atoms with E-state index in [1.807, 2.05) is 13.8 Å². The largest absolute Gasteiger partial charge is 0.464 e. The summed E-state index contributed by atoms with van der Waals surface area (Å²) in [6, 6.07) is 4.11. The molecule has 1 aromatic rings. The van der Waals surface area contributed by atoms with Gasteiger partial charge >= 0.3 is 5.97 Å². The number of carbonyl (C=O) groups is 2. The van der Waals surface area contributed by atoms with Gasteiger partial charge in [-0.25, -0.2) is 4.79 Å². The number of benzene rings is 1. The first kappa shape index (κ1) is 18.8. The monoisotopic (exact) mass is 345 g/mol. The maximum Gasteiger partial charge on any atom is 0.329 e. The molecule has 22 heavy (non-hydrogen) atoms. The lowest BCUT2D eigenvalue weighted by Crippen LogP contribution is -2.45. The molecule has 0 aliphatic heterocycles. The molecular formula is C16H21Cl2NO3. The molecule has 0 aromatic heterocycles. The first-order chi connectivity index (χ1) is 10.4. The molecule has 0 bridgehead atoms. The van der Waals surface area contributed by atoms with E-state index in [0.29, 0.717) is 28.8 Å². The van der Waals surface area contributed by atoms with Crippen LogP contribution in [-0.4, -0.2) is 24.5 Å². The maximum absolute atomic E-state index is 12.3. The molecule has 0 aliphatic carbocycles. The normalized spacial score (nSPS) is 11.9. The van der Waals surface area contributed by atoms with Gasteiger partial charge in [0.15, 0.2) is 0 Å². The number of unbranched alkanes of at least 4 members (excludes halogenated alkanes) is 1. The van der Waals surface area contributed by atoms with Crippen molar-refractivity contribution in [3.05, 3.63) is 28.2 Å². The Balaban J connectivity index is 3.05. The minimum atomic E-state index is -0.701. The Morgan fingerprint density at radius 3 is 2.45 bits per heavy atom. The zero-order chi connectivity index (χ0) is 16.7. The molecule has 0 saturated carbocycles. The van der Waals surface area contributed by atoms with Crippen LogP contribution in [0.3, 0.4) is 0 Å². The Morgan fingerprint density at radius 1 is 1.27 bits per heavy atom. The minimum absolute atomic E-state index is 0.275. The average molecular weight is 346 g/mol. The van der Waals surface area contributed by atoms with Crippen LogP contribution in [0, 0.1) is 0 Å². The molecule has 0 spiro atoms. The molecule has 1 aromatic carbocycles. The third kappa shape index (κ3) is 4.89. The molecule has 0 radical (unpaired) electrons. The number of esters is 1. The molecule has 4 nitrogen and oxygen atoms in total. The number of nitrogens with zero attached hydrogens (tertiary/aromatic N) is 1. The molecule has 1 unspecified atom stereocenters. The van der Waals surface area contributed by atoms with Crippen molar-refractivity contribution in [2.24, 2.45) is 0 Å². The van der Waals surface area contributed by atoms with Crippen molar-refractivity contribution in [2.45, 2.75) is 46.1 Å². The van der Waals surface area contributed by atoms with E-state index in [-0.39, 0.29) is 5.91 Å². The van der Waals surface area contributed by atoms with Crippen molar-refractivity contribution in [2.75, 3.05) is 11.5 Å². The van der Waals surface area contributed by atoms with Gasteiger partial charge in [-0.05, 0) is 31.0 Å². The van der Waals surface area contributed by atoms with Gasteiger partial charge in [0.2, 0.25) is 5.91 Å². The van der Waals surface area contributed by atoms with Gasteiger partial charge in [0.25, 0.3) is 0 Å². The van der Waals surface area contributed by atoms with Crippen LogP contribution in [0.25, 0.3) is 0 Å². The molecule has 6 heteroatoms. The van der Waals surface area contributed by atoms with Gasteiger partial charge in [-0.2, -0.15) is 0 Å². The second-order valence-corrected chi connectivity index (χ2v) is 5.77. The highest BCUT2D eigenvalue weighted by atomic mass is 35.5. The lowest BCUT2D eigenvalue weighted by molar-refractivity contribution is -0.146. The number of hydrogen-bond acceptors (Lipinski definition) is 3. The van der Waals surface area contributed by atoms with E-state index in [1.165, 1.54) is 11.8 Å². The Kier molecular flexibility index (Phi) is 7.69. The van der Waals surface area contributed by atoms with Gasteiger partial charge in [-0.15, -0.1) is 0 Å². The number of hydrogen-bond donors (Lipinski definition) is 0. The Morgan fingerprint density at radius 2 is 1.95 bits per heavy atom. The summed E-state index contributed by atoms with van der Waals surface area (Å²) in [5.41, 5.74) is 0.456. The first-order valence-electron chi connectivity index (χ1n) is 7.33. The zero-order valence-electron chi connectivity index (χ0n) is 13.1. The summed E-state index contributed by atoms with van der Waals surface area (Å²) in [6.45, 7) is 5.59. The molecule has 0 saturated heterocycles. The van der Waals surface area contributed by atoms with Crippen LogP contribution in [-0.2, 0) is 14.3 Å². The van der Waals surface area contributed by atoms with Gasteiger partial charge in [-0.1, -0.05) is 43.5 Å². The van der Waals surface area contributed by atoms with Crippen molar-refractivity contribution in [3.63, 3.8) is 0 Å². The molecule has 1 amide bonds. The van der Waals surface area contributed by atoms with Crippen molar-refractivity contribution in [1.29, 1.82) is 0 Å². The third-order valence-corrected chi connectivity index (χ3v) is 3.76. The average Bonchev–Trinajstić information content (AvgIpc) is 2.45. The van der Waals surface area contributed by atoms with Gasteiger partial charge in [0, 0.05) is 11.9 Å². The van der Waals surface area contributed by atoms with E-state index in [0.717, 1.165) is 12.8 Å². The van der Waals surface area contributed by atoms with Crippen LogP contribution < -0.4 is 4.90 Å².